The fourth-order valence-electron chi connectivity index (χ4n) is 2.48. The maximum Gasteiger partial charge on any atom is 0.322 e. The number of cyclic esters (lactones) is 2. The molecule has 0 aromatic heterocycles. The minimum absolute atomic E-state index is 0.468. The van der Waals surface area contributed by atoms with E-state index in [1.165, 1.54) is 0 Å². The predicted molar refractivity (Wildman–Crippen MR) is 69.5 cm³/mol. The monoisotopic (exact) mass is 252 g/mol. The number of carbonyl (C=O) groups excluding carboxylic acids is 2. The van der Waals surface area contributed by atoms with Crippen molar-refractivity contribution in [2.75, 3.05) is 0 Å². The van der Waals surface area contributed by atoms with Crippen LogP contribution in [0.3, 0.4) is 0 Å². The molecule has 3 rings (SSSR count). The van der Waals surface area contributed by atoms with Gasteiger partial charge in [0, 0.05) is 0 Å². The molecule has 0 aliphatic carbocycles. The van der Waals surface area contributed by atoms with Crippen LogP contribution >= 0.6 is 0 Å². The van der Waals surface area contributed by atoms with Gasteiger partial charge in [-0.05, 0) is 11.1 Å². The highest BCUT2D eigenvalue weighted by Crippen LogP contribution is 2.39. The Hall–Kier alpha value is -2.42. The third kappa shape index (κ3) is 2.03. The van der Waals surface area contributed by atoms with Crippen LogP contribution in [0.1, 0.15) is 23.0 Å². The van der Waals surface area contributed by atoms with Gasteiger partial charge in [0.1, 0.15) is 0 Å². The molecule has 0 radical (unpaired) electrons. The smallest absolute Gasteiger partial charge is 0.322 e. The lowest BCUT2D eigenvalue weighted by Crippen LogP contribution is -2.14. The zero-order valence-electron chi connectivity index (χ0n) is 10.2. The second-order valence-electron chi connectivity index (χ2n) is 4.52. The molecule has 2 aromatic rings. The SMILES string of the molecule is O=C1OC(=O)[C@@H](c2ccccc2)[C@H]1c1ccccc1. The maximum absolute atomic E-state index is 11.9. The van der Waals surface area contributed by atoms with E-state index in [9.17, 15) is 9.59 Å². The van der Waals surface area contributed by atoms with Gasteiger partial charge in [-0.25, -0.2) is 0 Å². The molecular weight excluding hydrogens is 240 g/mol. The van der Waals surface area contributed by atoms with Crippen LogP contribution in [-0.4, -0.2) is 11.9 Å². The van der Waals surface area contributed by atoms with Gasteiger partial charge < -0.3 is 4.74 Å². The van der Waals surface area contributed by atoms with Crippen molar-refractivity contribution in [2.24, 2.45) is 0 Å². The van der Waals surface area contributed by atoms with Gasteiger partial charge in [0.15, 0.2) is 0 Å². The van der Waals surface area contributed by atoms with Gasteiger partial charge in [-0.2, -0.15) is 0 Å². The molecule has 2 aromatic carbocycles. The van der Waals surface area contributed by atoms with E-state index in [0.717, 1.165) is 11.1 Å². The first-order valence-corrected chi connectivity index (χ1v) is 6.13. The Bertz CT molecular complexity index is 549. The van der Waals surface area contributed by atoms with Crippen LogP contribution in [0.5, 0.6) is 0 Å². The number of esters is 2. The van der Waals surface area contributed by atoms with E-state index in [1.807, 2.05) is 60.7 Å². The van der Waals surface area contributed by atoms with Gasteiger partial charge in [-0.1, -0.05) is 60.7 Å². The summed E-state index contributed by atoms with van der Waals surface area (Å²) < 4.78 is 4.82. The number of hydrogen-bond acceptors (Lipinski definition) is 3. The van der Waals surface area contributed by atoms with Crippen LogP contribution in [0, 0.1) is 0 Å². The Balaban J connectivity index is 2.06. The van der Waals surface area contributed by atoms with Gasteiger partial charge in [0.05, 0.1) is 11.8 Å². The Kier molecular flexibility index (Phi) is 2.88. The molecule has 1 fully saturated rings. The number of carbonyl (C=O) groups is 2. The molecule has 19 heavy (non-hydrogen) atoms. The second-order valence-corrected chi connectivity index (χ2v) is 4.52. The highest BCUT2D eigenvalue weighted by molar-refractivity contribution is 6.02. The topological polar surface area (TPSA) is 43.4 Å². The van der Waals surface area contributed by atoms with Crippen molar-refractivity contribution in [3.8, 4) is 0 Å². The molecule has 1 heterocycles. The fraction of sp³-hybridized carbons (Fsp3) is 0.125. The van der Waals surface area contributed by atoms with Crippen molar-refractivity contribution in [3.05, 3.63) is 71.8 Å². The number of benzene rings is 2. The molecule has 2 atom stereocenters. The number of ether oxygens (including phenoxy) is 1. The van der Waals surface area contributed by atoms with Crippen LogP contribution in [0.15, 0.2) is 60.7 Å². The Morgan fingerprint density at radius 2 is 1.00 bits per heavy atom. The Morgan fingerprint density at radius 1 is 0.632 bits per heavy atom. The summed E-state index contributed by atoms with van der Waals surface area (Å²) in [5.74, 6) is -2.03. The highest BCUT2D eigenvalue weighted by Gasteiger charge is 2.45. The molecule has 0 unspecified atom stereocenters. The van der Waals surface area contributed by atoms with E-state index in [0.29, 0.717) is 0 Å². The predicted octanol–water partition coefficient (Wildman–Crippen LogP) is 2.64. The lowest BCUT2D eigenvalue weighted by Gasteiger charge is -2.14. The molecule has 1 aliphatic heterocycles. The average molecular weight is 252 g/mol. The van der Waals surface area contributed by atoms with Crippen molar-refractivity contribution in [1.82, 2.24) is 0 Å². The zero-order valence-corrected chi connectivity index (χ0v) is 10.2. The van der Waals surface area contributed by atoms with E-state index in [4.69, 9.17) is 4.74 Å². The summed E-state index contributed by atoms with van der Waals surface area (Å²) in [5.41, 5.74) is 1.62. The van der Waals surface area contributed by atoms with Gasteiger partial charge in [-0.15, -0.1) is 0 Å². The highest BCUT2D eigenvalue weighted by atomic mass is 16.6. The first kappa shape index (κ1) is 11.7. The minimum Gasteiger partial charge on any atom is -0.392 e. The zero-order chi connectivity index (χ0) is 13.2. The molecule has 0 saturated carbocycles. The van der Waals surface area contributed by atoms with E-state index in [-0.39, 0.29) is 0 Å². The van der Waals surface area contributed by atoms with Crippen LogP contribution < -0.4 is 0 Å². The molecule has 0 bridgehead atoms. The Morgan fingerprint density at radius 3 is 1.37 bits per heavy atom. The molecule has 0 spiro atoms. The third-order valence-corrected chi connectivity index (χ3v) is 3.36. The van der Waals surface area contributed by atoms with Crippen LogP contribution in [0.4, 0.5) is 0 Å². The van der Waals surface area contributed by atoms with Gasteiger partial charge >= 0.3 is 11.9 Å². The van der Waals surface area contributed by atoms with E-state index in [1.54, 1.807) is 0 Å². The standard InChI is InChI=1S/C16H12O3/c17-15-13(11-7-3-1-4-8-11)14(16(18)19-15)12-9-5-2-6-10-12/h1-10,13-14H/t13-,14+. The van der Waals surface area contributed by atoms with Gasteiger partial charge in [-0.3, -0.25) is 9.59 Å². The van der Waals surface area contributed by atoms with Crippen molar-refractivity contribution >= 4 is 11.9 Å². The quantitative estimate of drug-likeness (QED) is 0.609. The third-order valence-electron chi connectivity index (χ3n) is 3.36. The summed E-state index contributed by atoms with van der Waals surface area (Å²) in [6.07, 6.45) is 0. The molecular formula is C16H12O3. The fourth-order valence-corrected chi connectivity index (χ4v) is 2.48. The lowest BCUT2D eigenvalue weighted by atomic mass is 9.83. The van der Waals surface area contributed by atoms with E-state index >= 15 is 0 Å². The minimum atomic E-state index is -0.545. The summed E-state index contributed by atoms with van der Waals surface area (Å²) >= 11 is 0. The van der Waals surface area contributed by atoms with Crippen LogP contribution in [-0.2, 0) is 14.3 Å². The van der Waals surface area contributed by atoms with Crippen LogP contribution in [0.2, 0.25) is 0 Å². The maximum atomic E-state index is 11.9. The molecule has 1 aliphatic rings. The van der Waals surface area contributed by atoms with Crippen molar-refractivity contribution < 1.29 is 14.3 Å². The molecule has 1 saturated heterocycles. The van der Waals surface area contributed by atoms with Crippen molar-refractivity contribution in [3.63, 3.8) is 0 Å². The summed E-state index contributed by atoms with van der Waals surface area (Å²) in [6, 6.07) is 18.6. The normalized spacial score (nSPS) is 22.3. The van der Waals surface area contributed by atoms with Crippen molar-refractivity contribution in [1.29, 1.82) is 0 Å². The molecule has 3 nitrogen and oxygen atoms in total. The summed E-state index contributed by atoms with van der Waals surface area (Å²) in [4.78, 5) is 23.9. The molecule has 0 amide bonds. The largest absolute Gasteiger partial charge is 0.392 e. The second kappa shape index (κ2) is 4.69. The molecule has 3 heteroatoms. The average Bonchev–Trinajstić information content (AvgIpc) is 2.75. The summed E-state index contributed by atoms with van der Waals surface area (Å²) in [6.45, 7) is 0. The first-order valence-electron chi connectivity index (χ1n) is 6.13. The van der Waals surface area contributed by atoms with Gasteiger partial charge in [0.25, 0.3) is 0 Å². The Labute approximate surface area is 110 Å². The molecule has 94 valence electrons. The first-order chi connectivity index (χ1) is 9.27. The van der Waals surface area contributed by atoms with Crippen molar-refractivity contribution in [2.45, 2.75) is 11.8 Å². The van der Waals surface area contributed by atoms with E-state index < -0.39 is 23.8 Å². The lowest BCUT2D eigenvalue weighted by molar-refractivity contribution is -0.152. The molecule has 0 N–H and O–H groups in total. The van der Waals surface area contributed by atoms with Crippen LogP contribution in [0.25, 0.3) is 0 Å². The summed E-state index contributed by atoms with van der Waals surface area (Å²) in [7, 11) is 0. The number of hydrogen-bond donors (Lipinski definition) is 0. The number of rotatable bonds is 2. The van der Waals surface area contributed by atoms with Gasteiger partial charge in [0.2, 0.25) is 0 Å². The van der Waals surface area contributed by atoms with E-state index in [2.05, 4.69) is 0 Å². The summed E-state index contributed by atoms with van der Waals surface area (Å²) in [5, 5.41) is 0.